The lowest BCUT2D eigenvalue weighted by Crippen LogP contribution is -2.43. The third kappa shape index (κ3) is 6.82. The van der Waals surface area contributed by atoms with E-state index in [0.717, 1.165) is 0 Å². The van der Waals surface area contributed by atoms with Crippen molar-refractivity contribution < 1.29 is 14.6 Å². The summed E-state index contributed by atoms with van der Waals surface area (Å²) in [6.45, 7) is 4.43. The second kappa shape index (κ2) is 7.73. The zero-order valence-corrected chi connectivity index (χ0v) is 9.04. The van der Waals surface area contributed by atoms with Crippen LogP contribution in [0.1, 0.15) is 13.8 Å². The minimum Gasteiger partial charge on any atom is -0.395 e. The summed E-state index contributed by atoms with van der Waals surface area (Å²) in [5.41, 5.74) is 0. The molecule has 0 aliphatic heterocycles. The second-order valence-corrected chi connectivity index (χ2v) is 3.39. The molecule has 0 aromatic heterocycles. The molecule has 5 heteroatoms. The van der Waals surface area contributed by atoms with Crippen molar-refractivity contribution in [3.63, 3.8) is 0 Å². The Labute approximate surface area is 84.8 Å². The van der Waals surface area contributed by atoms with Gasteiger partial charge in [-0.05, 0) is 13.8 Å². The third-order valence-electron chi connectivity index (χ3n) is 1.71. The number of hydrogen-bond donors (Lipinski definition) is 3. The molecule has 0 aliphatic rings. The standard InChI is InChI=1S/C9H20N2O3/c1-7(5-12)10-4-9(13)11-8(2)6-14-3/h7-8,10,12H,4-6H2,1-3H3,(H,11,13). The van der Waals surface area contributed by atoms with Crippen LogP contribution in [0.5, 0.6) is 0 Å². The number of ether oxygens (including phenoxy) is 1. The van der Waals surface area contributed by atoms with Crippen LogP contribution in [0.3, 0.4) is 0 Å². The highest BCUT2D eigenvalue weighted by molar-refractivity contribution is 5.78. The summed E-state index contributed by atoms with van der Waals surface area (Å²) in [5.74, 6) is -0.0881. The Balaban J connectivity index is 3.54. The van der Waals surface area contributed by atoms with Crippen LogP contribution in [0.4, 0.5) is 0 Å². The highest BCUT2D eigenvalue weighted by Gasteiger charge is 2.07. The van der Waals surface area contributed by atoms with Crippen LogP contribution in [0.15, 0.2) is 0 Å². The Morgan fingerprint density at radius 1 is 1.43 bits per heavy atom. The molecule has 0 heterocycles. The molecular formula is C9H20N2O3. The summed E-state index contributed by atoms with van der Waals surface area (Å²) in [4.78, 5) is 11.2. The van der Waals surface area contributed by atoms with E-state index in [-0.39, 0.29) is 31.1 Å². The first-order chi connectivity index (χ1) is 6.60. The van der Waals surface area contributed by atoms with E-state index in [9.17, 15) is 4.79 Å². The van der Waals surface area contributed by atoms with Crippen molar-refractivity contribution in [3.8, 4) is 0 Å². The van der Waals surface area contributed by atoms with Gasteiger partial charge in [-0.1, -0.05) is 0 Å². The van der Waals surface area contributed by atoms with Crippen molar-refractivity contribution in [2.75, 3.05) is 26.9 Å². The van der Waals surface area contributed by atoms with E-state index in [1.807, 2.05) is 13.8 Å². The van der Waals surface area contributed by atoms with Crippen LogP contribution in [-0.4, -0.2) is 50.0 Å². The smallest absolute Gasteiger partial charge is 0.234 e. The number of aliphatic hydroxyl groups is 1. The van der Waals surface area contributed by atoms with Gasteiger partial charge in [-0.3, -0.25) is 4.79 Å². The molecule has 1 amide bonds. The molecule has 0 radical (unpaired) electrons. The van der Waals surface area contributed by atoms with Crippen molar-refractivity contribution >= 4 is 5.91 Å². The predicted molar refractivity (Wildman–Crippen MR) is 54.0 cm³/mol. The van der Waals surface area contributed by atoms with Gasteiger partial charge in [0.05, 0.1) is 19.8 Å². The molecule has 0 aromatic carbocycles. The van der Waals surface area contributed by atoms with Gasteiger partial charge in [0.25, 0.3) is 0 Å². The van der Waals surface area contributed by atoms with Crippen LogP contribution in [0.25, 0.3) is 0 Å². The minimum atomic E-state index is -0.0881. The molecule has 0 fully saturated rings. The monoisotopic (exact) mass is 204 g/mol. The summed E-state index contributed by atoms with van der Waals surface area (Å²) >= 11 is 0. The number of carbonyl (C=O) groups excluding carboxylic acids is 1. The normalized spacial score (nSPS) is 14.9. The molecule has 5 nitrogen and oxygen atoms in total. The highest BCUT2D eigenvalue weighted by Crippen LogP contribution is 1.82. The molecule has 2 atom stereocenters. The molecule has 2 unspecified atom stereocenters. The number of methoxy groups -OCH3 is 1. The van der Waals surface area contributed by atoms with Crippen LogP contribution < -0.4 is 10.6 Å². The first-order valence-electron chi connectivity index (χ1n) is 4.72. The van der Waals surface area contributed by atoms with Crippen molar-refractivity contribution in [2.24, 2.45) is 0 Å². The molecule has 0 aromatic rings. The van der Waals surface area contributed by atoms with Gasteiger partial charge in [-0.25, -0.2) is 0 Å². The molecule has 0 bridgehead atoms. The van der Waals surface area contributed by atoms with Gasteiger partial charge < -0.3 is 20.5 Å². The van der Waals surface area contributed by atoms with Gasteiger partial charge in [0.1, 0.15) is 0 Å². The average molecular weight is 204 g/mol. The number of amides is 1. The first-order valence-corrected chi connectivity index (χ1v) is 4.72. The predicted octanol–water partition coefficient (Wildman–Crippen LogP) is -0.892. The third-order valence-corrected chi connectivity index (χ3v) is 1.71. The van der Waals surface area contributed by atoms with E-state index in [0.29, 0.717) is 6.61 Å². The summed E-state index contributed by atoms with van der Waals surface area (Å²) in [6.07, 6.45) is 0. The molecule has 0 saturated heterocycles. The van der Waals surface area contributed by atoms with Gasteiger partial charge in [-0.15, -0.1) is 0 Å². The Bertz CT molecular complexity index is 164. The maximum absolute atomic E-state index is 11.2. The molecule has 3 N–H and O–H groups in total. The van der Waals surface area contributed by atoms with Gasteiger partial charge >= 0.3 is 0 Å². The maximum atomic E-state index is 11.2. The van der Waals surface area contributed by atoms with Crippen LogP contribution in [0.2, 0.25) is 0 Å². The second-order valence-electron chi connectivity index (χ2n) is 3.39. The number of rotatable bonds is 7. The molecule has 0 aliphatic carbocycles. The number of carbonyl (C=O) groups is 1. The number of aliphatic hydroxyl groups excluding tert-OH is 1. The number of nitrogens with one attached hydrogen (secondary N) is 2. The molecule has 0 spiro atoms. The molecular weight excluding hydrogens is 184 g/mol. The maximum Gasteiger partial charge on any atom is 0.234 e. The largest absolute Gasteiger partial charge is 0.395 e. The lowest BCUT2D eigenvalue weighted by molar-refractivity contribution is -0.121. The Kier molecular flexibility index (Phi) is 7.37. The zero-order valence-electron chi connectivity index (χ0n) is 9.04. The lowest BCUT2D eigenvalue weighted by Gasteiger charge is -2.14. The van der Waals surface area contributed by atoms with Crippen molar-refractivity contribution in [1.82, 2.24) is 10.6 Å². The van der Waals surface area contributed by atoms with Crippen LogP contribution in [-0.2, 0) is 9.53 Å². The fraction of sp³-hybridized carbons (Fsp3) is 0.889. The summed E-state index contributed by atoms with van der Waals surface area (Å²) < 4.78 is 4.88. The highest BCUT2D eigenvalue weighted by atomic mass is 16.5. The SMILES string of the molecule is COCC(C)NC(=O)CNC(C)CO. The van der Waals surface area contributed by atoms with E-state index in [2.05, 4.69) is 10.6 Å². The van der Waals surface area contributed by atoms with E-state index >= 15 is 0 Å². The summed E-state index contributed by atoms with van der Waals surface area (Å²) in [6, 6.07) is -0.0442. The topological polar surface area (TPSA) is 70.6 Å². The fourth-order valence-corrected chi connectivity index (χ4v) is 0.949. The zero-order chi connectivity index (χ0) is 11.0. The quantitative estimate of drug-likeness (QED) is 0.503. The first kappa shape index (κ1) is 13.4. The average Bonchev–Trinajstić information content (AvgIpc) is 2.14. The van der Waals surface area contributed by atoms with Gasteiger partial charge in [0.2, 0.25) is 5.91 Å². The van der Waals surface area contributed by atoms with Crippen molar-refractivity contribution in [3.05, 3.63) is 0 Å². The van der Waals surface area contributed by atoms with Crippen molar-refractivity contribution in [2.45, 2.75) is 25.9 Å². The van der Waals surface area contributed by atoms with E-state index in [4.69, 9.17) is 9.84 Å². The molecule has 84 valence electrons. The molecule has 14 heavy (non-hydrogen) atoms. The Morgan fingerprint density at radius 2 is 2.07 bits per heavy atom. The summed E-state index contributed by atoms with van der Waals surface area (Å²) in [7, 11) is 1.59. The van der Waals surface area contributed by atoms with Crippen molar-refractivity contribution in [1.29, 1.82) is 0 Å². The van der Waals surface area contributed by atoms with Crippen LogP contribution in [0, 0.1) is 0 Å². The van der Waals surface area contributed by atoms with E-state index < -0.39 is 0 Å². The van der Waals surface area contributed by atoms with E-state index in [1.165, 1.54) is 0 Å². The summed E-state index contributed by atoms with van der Waals surface area (Å²) in [5, 5.41) is 14.3. The Morgan fingerprint density at radius 3 is 2.57 bits per heavy atom. The van der Waals surface area contributed by atoms with Crippen LogP contribution >= 0.6 is 0 Å². The van der Waals surface area contributed by atoms with Gasteiger partial charge in [0, 0.05) is 19.2 Å². The lowest BCUT2D eigenvalue weighted by atomic mass is 10.3. The fourth-order valence-electron chi connectivity index (χ4n) is 0.949. The minimum absolute atomic E-state index is 0.0127. The molecule has 0 saturated carbocycles. The number of hydrogen-bond acceptors (Lipinski definition) is 4. The van der Waals surface area contributed by atoms with E-state index in [1.54, 1.807) is 7.11 Å². The van der Waals surface area contributed by atoms with Gasteiger partial charge in [0.15, 0.2) is 0 Å². The Hall–Kier alpha value is -0.650. The van der Waals surface area contributed by atoms with Gasteiger partial charge in [-0.2, -0.15) is 0 Å². The molecule has 0 rings (SSSR count).